The Hall–Kier alpha value is 0.998. The van der Waals surface area contributed by atoms with Crippen LogP contribution in [0.3, 0.4) is 0 Å². The van der Waals surface area contributed by atoms with Gasteiger partial charge in [-0.2, -0.15) is 0 Å². The lowest BCUT2D eigenvalue weighted by Gasteiger charge is -2.57. The summed E-state index contributed by atoms with van der Waals surface area (Å²) < 4.78 is 67.7. The molecule has 13 nitrogen and oxygen atoms in total. The van der Waals surface area contributed by atoms with Crippen molar-refractivity contribution in [3.05, 3.63) is 0 Å². The summed E-state index contributed by atoms with van der Waals surface area (Å²) in [6.07, 6.45) is 22.7. The van der Waals surface area contributed by atoms with Crippen LogP contribution in [-0.2, 0) is 37.0 Å². The first-order valence-corrected chi connectivity index (χ1v) is 43.2. The molecule has 0 aromatic rings. The lowest BCUT2D eigenvalue weighted by molar-refractivity contribution is 0.00698. The predicted octanol–water partition coefficient (Wildman–Crippen LogP) is 14.4. The molecule has 7 atom stereocenters. The molecule has 20 heteroatoms. The predicted molar refractivity (Wildman–Crippen MR) is 304 cm³/mol. The first-order chi connectivity index (χ1) is 33.4. The summed E-state index contributed by atoms with van der Waals surface area (Å²) in [6, 6.07) is 2.08. The van der Waals surface area contributed by atoms with E-state index >= 15 is 0 Å². The molecule has 3 aliphatic rings. The van der Waals surface area contributed by atoms with Gasteiger partial charge in [0, 0.05) is 42.3 Å². The van der Waals surface area contributed by atoms with E-state index in [9.17, 15) is 14.4 Å². The van der Waals surface area contributed by atoms with Crippen LogP contribution in [-0.4, -0.2) is 82.6 Å². The van der Waals surface area contributed by atoms with E-state index in [-0.39, 0.29) is 24.2 Å². The summed E-state index contributed by atoms with van der Waals surface area (Å²) in [5.74, 6) is 3.42. The number of hydrogen-bond donors (Lipinski definition) is 4. The van der Waals surface area contributed by atoms with Crippen molar-refractivity contribution in [1.29, 1.82) is 0 Å². The van der Waals surface area contributed by atoms with Gasteiger partial charge in [-0.05, 0) is 87.0 Å². The number of hydrogen-bond acceptors (Lipinski definition) is 13. The molecule has 422 valence electrons. The molecule has 71 heavy (non-hydrogen) atoms. The van der Waals surface area contributed by atoms with E-state index in [0.29, 0.717) is 98.7 Å². The normalized spacial score (nSPS) is 30.5. The van der Waals surface area contributed by atoms with Gasteiger partial charge in [-0.25, -0.2) is 0 Å². The van der Waals surface area contributed by atoms with Crippen LogP contribution in [0.4, 0.5) is 0 Å². The lowest BCUT2D eigenvalue weighted by Crippen LogP contribution is -2.82. The molecule has 5 N–H and O–H groups in total. The van der Waals surface area contributed by atoms with Gasteiger partial charge in [0.1, 0.15) is 0 Å². The maximum absolute atomic E-state index is 13.5. The Balaban J connectivity index is 2.39. The smallest absolute Gasteiger partial charge is 0.391 e. The molecule has 5 unspecified atom stereocenters. The fraction of sp³-hybridized carbons (Fsp3) is 1.00. The highest BCUT2D eigenvalue weighted by Crippen LogP contribution is 2.49. The summed E-state index contributed by atoms with van der Waals surface area (Å²) in [7, 11) is -30.0. The maximum atomic E-state index is 13.5. The van der Waals surface area contributed by atoms with Crippen molar-refractivity contribution in [2.75, 3.05) is 6.54 Å². The molecule has 0 aliphatic carbocycles. The van der Waals surface area contributed by atoms with Gasteiger partial charge >= 0.3 is 61.6 Å². The quantitative estimate of drug-likeness (QED) is 0.0339. The molecule has 0 spiro atoms. The van der Waals surface area contributed by atoms with Crippen LogP contribution in [0.2, 0.25) is 42.3 Å². The van der Waals surface area contributed by atoms with Gasteiger partial charge in [-0.15, -0.1) is 0 Å². The van der Waals surface area contributed by atoms with E-state index < -0.39 is 61.6 Å². The van der Waals surface area contributed by atoms with Gasteiger partial charge in [-0.1, -0.05) is 199 Å². The van der Waals surface area contributed by atoms with Crippen molar-refractivity contribution in [2.45, 2.75) is 286 Å². The minimum atomic E-state index is -4.39. The number of rotatable bonds is 39. The summed E-state index contributed by atoms with van der Waals surface area (Å²) in [4.78, 5) is 40.4. The topological polar surface area (TPSA) is 170 Å². The number of unbranched alkanes of at least 4 members (excludes halogenated alkanes) is 12. The Morgan fingerprint density at radius 2 is 0.437 bits per heavy atom. The Morgan fingerprint density at radius 1 is 0.254 bits per heavy atom. The zero-order chi connectivity index (χ0) is 52.7. The van der Waals surface area contributed by atoms with Gasteiger partial charge in [-0.3, -0.25) is 0 Å². The molecule has 3 saturated heterocycles. The summed E-state index contributed by atoms with van der Waals surface area (Å²) in [5.41, 5.74) is 6.34. The van der Waals surface area contributed by atoms with Gasteiger partial charge in [0.2, 0.25) is 0 Å². The van der Waals surface area contributed by atoms with E-state index in [1.807, 2.05) is 0 Å². The highest BCUT2D eigenvalue weighted by atomic mass is 28.6. The zero-order valence-electron chi connectivity index (χ0n) is 47.9. The van der Waals surface area contributed by atoms with Crippen LogP contribution in [0.15, 0.2) is 0 Å². The van der Waals surface area contributed by atoms with Crippen LogP contribution in [0.5, 0.6) is 0 Å². The zero-order valence-corrected chi connectivity index (χ0v) is 54.9. The van der Waals surface area contributed by atoms with Crippen molar-refractivity contribution in [1.82, 2.24) is 0 Å². The Bertz CT molecular complexity index is 1360. The molecule has 0 amide bonds. The highest BCUT2D eigenvalue weighted by molar-refractivity contribution is 6.98. The van der Waals surface area contributed by atoms with Crippen LogP contribution in [0.1, 0.15) is 244 Å². The standard InChI is InChI=1S/C51H113NO12Si7/c1-46(2)32-19-13-25-39-65(53)56-68(42-28-16-22-35-49(7)8)58-66(54,40-26-14-20-33-47(3)4)60-70(45-31-38-52)61-67(55,41-27-15-21-34-48(5)6)59-69(57-65,43-29-17-23-36-50(9)10)63-71(62-68,64-70)44-30-18-24-37-51(11)12/h46-51,53-55H,13-45,52H2,1-12H3/t65?,66?,67?,68-,69+,70?,71?. The first-order valence-electron chi connectivity index (χ1n) is 29.6. The summed E-state index contributed by atoms with van der Waals surface area (Å²) in [6.45, 7) is 27.3. The second-order valence-electron chi connectivity index (χ2n) is 24.6. The Morgan fingerprint density at radius 3 is 0.634 bits per heavy atom. The van der Waals surface area contributed by atoms with Gasteiger partial charge in [0.15, 0.2) is 0 Å². The molecule has 3 rings (SSSR count). The number of nitrogens with two attached hydrogens (primary N) is 1. The average molecular weight is 1130 g/mol. The largest absolute Gasteiger partial charge is 0.483 e. The van der Waals surface area contributed by atoms with E-state index in [1.54, 1.807) is 0 Å². The molecule has 3 fully saturated rings. The van der Waals surface area contributed by atoms with E-state index in [1.165, 1.54) is 0 Å². The highest BCUT2D eigenvalue weighted by Gasteiger charge is 2.76. The fourth-order valence-corrected chi connectivity index (χ4v) is 47.8. The van der Waals surface area contributed by atoms with Crippen molar-refractivity contribution in [2.24, 2.45) is 41.2 Å². The van der Waals surface area contributed by atoms with Gasteiger partial charge < -0.3 is 57.2 Å². The fourth-order valence-electron chi connectivity index (χ4n) is 10.2. The van der Waals surface area contributed by atoms with Crippen molar-refractivity contribution in [3.63, 3.8) is 0 Å². The second-order valence-corrected chi connectivity index (χ2v) is 45.2. The molecule has 0 aromatic heterocycles. The minimum Gasteiger partial charge on any atom is -0.391 e. The third-order valence-electron chi connectivity index (χ3n) is 14.1. The second kappa shape index (κ2) is 32.8. The van der Waals surface area contributed by atoms with Gasteiger partial charge in [0.25, 0.3) is 0 Å². The van der Waals surface area contributed by atoms with E-state index in [2.05, 4.69) is 83.1 Å². The van der Waals surface area contributed by atoms with E-state index in [0.717, 1.165) is 122 Å². The summed E-state index contributed by atoms with van der Waals surface area (Å²) >= 11 is 0. The molecule has 3 aliphatic heterocycles. The molecule has 0 aromatic carbocycles. The SMILES string of the molecule is CC(C)CCCCC[Si]1(O)O[Si]2(CCCN)O[Si](O)(CCCCCC(C)C)O[Si@]3(CCCCCC(C)C)O[Si](O)(CCCCCC(C)C)O[Si@](CCCCCC(C)C)(O1)O[Si](CCCCCC(C)C)(O2)O3. The van der Waals surface area contributed by atoms with Gasteiger partial charge in [0.05, 0.1) is 0 Å². The molecular weight excluding hydrogens is 1020 g/mol. The van der Waals surface area contributed by atoms with Crippen LogP contribution in [0, 0.1) is 35.5 Å². The molecule has 3 heterocycles. The van der Waals surface area contributed by atoms with Crippen molar-refractivity contribution in [3.8, 4) is 0 Å². The van der Waals surface area contributed by atoms with Crippen molar-refractivity contribution < 1.29 is 51.4 Å². The first kappa shape index (κ1) is 66.3. The van der Waals surface area contributed by atoms with Crippen LogP contribution < -0.4 is 5.73 Å². The minimum absolute atomic E-state index is 0.232. The van der Waals surface area contributed by atoms with Crippen molar-refractivity contribution >= 4 is 61.6 Å². The maximum Gasteiger partial charge on any atom is 0.483 e. The summed E-state index contributed by atoms with van der Waals surface area (Å²) in [5, 5.41) is 0. The average Bonchev–Trinajstić information content (AvgIpc) is 3.22. The molecular formula is C51H113NO12Si7. The third kappa shape index (κ3) is 26.0. The van der Waals surface area contributed by atoms with Crippen LogP contribution >= 0.6 is 0 Å². The molecule has 0 saturated carbocycles. The Kier molecular flexibility index (Phi) is 30.6. The molecule has 4 bridgehead atoms. The lowest BCUT2D eigenvalue weighted by atomic mass is 10.1. The molecule has 0 radical (unpaired) electrons. The Labute approximate surface area is 444 Å². The van der Waals surface area contributed by atoms with Crippen LogP contribution in [0.25, 0.3) is 0 Å². The van der Waals surface area contributed by atoms with E-state index in [4.69, 9.17) is 42.8 Å². The third-order valence-corrected chi connectivity index (χ3v) is 43.5. The number of fused-ring (bicyclic) bond motifs is 3. The monoisotopic (exact) mass is 1130 g/mol.